The normalized spacial score (nSPS) is 9.94. The Morgan fingerprint density at radius 2 is 1.82 bits per heavy atom. The van der Waals surface area contributed by atoms with Gasteiger partial charge in [-0.2, -0.15) is 0 Å². The molecule has 0 aliphatic rings. The van der Waals surface area contributed by atoms with Crippen LogP contribution < -0.4 is 19.9 Å². The zero-order valence-electron chi connectivity index (χ0n) is 9.87. The predicted molar refractivity (Wildman–Crippen MR) is 64.5 cm³/mol. The zero-order valence-corrected chi connectivity index (χ0v) is 10.6. The molecule has 0 bridgehead atoms. The highest BCUT2D eigenvalue weighted by molar-refractivity contribution is 6.34. The number of hydrogen-bond acceptors (Lipinski definition) is 5. The first kappa shape index (κ1) is 13.6. The SMILES string of the molecule is COc1cc(Cl)c(C(=O)CN)c(OC)c1OC. The van der Waals surface area contributed by atoms with Gasteiger partial charge in [0.15, 0.2) is 17.3 Å². The Hall–Kier alpha value is -1.46. The van der Waals surface area contributed by atoms with Crippen molar-refractivity contribution in [1.29, 1.82) is 0 Å². The summed E-state index contributed by atoms with van der Waals surface area (Å²) in [5.74, 6) is 0.610. The maximum Gasteiger partial charge on any atom is 0.204 e. The second-order valence-corrected chi connectivity index (χ2v) is 3.54. The summed E-state index contributed by atoms with van der Waals surface area (Å²) < 4.78 is 15.4. The molecule has 94 valence electrons. The second kappa shape index (κ2) is 5.75. The zero-order chi connectivity index (χ0) is 13.0. The van der Waals surface area contributed by atoms with Crippen LogP contribution in [0.25, 0.3) is 0 Å². The van der Waals surface area contributed by atoms with E-state index in [9.17, 15) is 4.79 Å². The molecule has 5 nitrogen and oxygen atoms in total. The van der Waals surface area contributed by atoms with Gasteiger partial charge in [-0.15, -0.1) is 0 Å². The number of nitrogens with two attached hydrogens (primary N) is 1. The highest BCUT2D eigenvalue weighted by Crippen LogP contribution is 2.43. The molecule has 0 saturated carbocycles. The molecule has 0 aromatic heterocycles. The van der Waals surface area contributed by atoms with Crippen LogP contribution >= 0.6 is 11.6 Å². The van der Waals surface area contributed by atoms with Crippen molar-refractivity contribution in [2.75, 3.05) is 27.9 Å². The molecular formula is C11H14ClNO4. The van der Waals surface area contributed by atoms with Crippen LogP contribution in [0.2, 0.25) is 5.02 Å². The quantitative estimate of drug-likeness (QED) is 0.812. The van der Waals surface area contributed by atoms with Crippen molar-refractivity contribution in [3.8, 4) is 17.2 Å². The van der Waals surface area contributed by atoms with Gasteiger partial charge in [-0.1, -0.05) is 11.6 Å². The van der Waals surface area contributed by atoms with Gasteiger partial charge < -0.3 is 19.9 Å². The molecule has 0 heterocycles. The van der Waals surface area contributed by atoms with E-state index in [0.29, 0.717) is 11.5 Å². The summed E-state index contributed by atoms with van der Waals surface area (Å²) in [7, 11) is 4.34. The molecule has 2 N–H and O–H groups in total. The van der Waals surface area contributed by atoms with Crippen LogP contribution in [0, 0.1) is 0 Å². The largest absolute Gasteiger partial charge is 0.493 e. The molecule has 17 heavy (non-hydrogen) atoms. The van der Waals surface area contributed by atoms with Gasteiger partial charge in [0.25, 0.3) is 0 Å². The first-order valence-electron chi connectivity index (χ1n) is 4.82. The first-order chi connectivity index (χ1) is 8.10. The number of ether oxygens (including phenoxy) is 3. The highest BCUT2D eigenvalue weighted by Gasteiger charge is 2.23. The first-order valence-corrected chi connectivity index (χ1v) is 5.20. The van der Waals surface area contributed by atoms with Crippen molar-refractivity contribution in [2.24, 2.45) is 5.73 Å². The van der Waals surface area contributed by atoms with E-state index in [2.05, 4.69) is 0 Å². The minimum absolute atomic E-state index is 0.161. The van der Waals surface area contributed by atoms with Crippen LogP contribution in [0.1, 0.15) is 10.4 Å². The number of Topliss-reactive ketones (excluding diaryl/α,β-unsaturated/α-hetero) is 1. The topological polar surface area (TPSA) is 70.8 Å². The lowest BCUT2D eigenvalue weighted by Crippen LogP contribution is -2.15. The fourth-order valence-electron chi connectivity index (χ4n) is 1.49. The lowest BCUT2D eigenvalue weighted by atomic mass is 10.1. The van der Waals surface area contributed by atoms with Gasteiger partial charge in [0.1, 0.15) is 0 Å². The number of rotatable bonds is 5. The lowest BCUT2D eigenvalue weighted by molar-refractivity contribution is 0.0998. The summed E-state index contributed by atoms with van der Waals surface area (Å²) in [4.78, 5) is 11.7. The van der Waals surface area contributed by atoms with Gasteiger partial charge in [-0.3, -0.25) is 4.79 Å². The summed E-state index contributed by atoms with van der Waals surface area (Å²) in [5.41, 5.74) is 5.53. The van der Waals surface area contributed by atoms with Gasteiger partial charge in [0.2, 0.25) is 5.75 Å². The van der Waals surface area contributed by atoms with E-state index in [0.717, 1.165) is 0 Å². The van der Waals surface area contributed by atoms with E-state index < -0.39 is 0 Å². The van der Waals surface area contributed by atoms with Gasteiger partial charge in [-0.25, -0.2) is 0 Å². The van der Waals surface area contributed by atoms with Crippen molar-refractivity contribution in [2.45, 2.75) is 0 Å². The number of methoxy groups -OCH3 is 3. The van der Waals surface area contributed by atoms with Crippen LogP contribution in [0.5, 0.6) is 17.2 Å². The van der Waals surface area contributed by atoms with Crippen LogP contribution in [0.4, 0.5) is 0 Å². The Labute approximate surface area is 104 Å². The van der Waals surface area contributed by atoms with Crippen molar-refractivity contribution >= 4 is 17.4 Å². The molecule has 0 spiro atoms. The Kier molecular flexibility index (Phi) is 4.60. The summed E-state index contributed by atoms with van der Waals surface area (Å²) in [6.45, 7) is -0.161. The van der Waals surface area contributed by atoms with Crippen LogP contribution in [0.3, 0.4) is 0 Å². The molecule has 1 rings (SSSR count). The molecule has 0 unspecified atom stereocenters. The van der Waals surface area contributed by atoms with E-state index in [-0.39, 0.29) is 28.7 Å². The molecule has 1 aromatic rings. The Morgan fingerprint density at radius 3 is 2.24 bits per heavy atom. The number of benzene rings is 1. The summed E-state index contributed by atoms with van der Waals surface area (Å²) in [6, 6.07) is 1.49. The molecule has 0 amide bonds. The Bertz CT molecular complexity index is 434. The van der Waals surface area contributed by atoms with Crippen molar-refractivity contribution in [3.63, 3.8) is 0 Å². The van der Waals surface area contributed by atoms with Gasteiger partial charge in [-0.05, 0) is 0 Å². The summed E-state index contributed by atoms with van der Waals surface area (Å²) >= 11 is 6.00. The maximum absolute atomic E-state index is 11.7. The van der Waals surface area contributed by atoms with E-state index in [4.69, 9.17) is 31.5 Å². The number of carbonyl (C=O) groups is 1. The molecular weight excluding hydrogens is 246 g/mol. The summed E-state index contributed by atoms with van der Waals surface area (Å²) in [5, 5.41) is 0.218. The number of ketones is 1. The molecule has 0 aliphatic heterocycles. The fourth-order valence-corrected chi connectivity index (χ4v) is 1.78. The van der Waals surface area contributed by atoms with Crippen molar-refractivity contribution in [3.05, 3.63) is 16.7 Å². The van der Waals surface area contributed by atoms with E-state index in [1.54, 1.807) is 0 Å². The standard InChI is InChI=1S/C11H14ClNO4/c1-15-8-4-6(12)9(7(14)5-13)11(17-3)10(8)16-2/h4H,5,13H2,1-3H3. The number of halogens is 1. The van der Waals surface area contributed by atoms with Crippen molar-refractivity contribution < 1.29 is 19.0 Å². The molecule has 0 radical (unpaired) electrons. The minimum Gasteiger partial charge on any atom is -0.493 e. The minimum atomic E-state index is -0.326. The van der Waals surface area contributed by atoms with E-state index in [1.165, 1.54) is 27.4 Å². The molecule has 6 heteroatoms. The van der Waals surface area contributed by atoms with E-state index >= 15 is 0 Å². The molecule has 1 aromatic carbocycles. The number of carbonyl (C=O) groups excluding carboxylic acids is 1. The number of hydrogen-bond donors (Lipinski definition) is 1. The average Bonchev–Trinajstić information content (AvgIpc) is 2.36. The van der Waals surface area contributed by atoms with Crippen LogP contribution in [-0.2, 0) is 0 Å². The Balaban J connectivity index is 3.54. The molecule has 0 fully saturated rings. The smallest absolute Gasteiger partial charge is 0.204 e. The Morgan fingerprint density at radius 1 is 1.24 bits per heavy atom. The third-order valence-electron chi connectivity index (χ3n) is 2.25. The maximum atomic E-state index is 11.7. The molecule has 0 atom stereocenters. The monoisotopic (exact) mass is 259 g/mol. The van der Waals surface area contributed by atoms with Gasteiger partial charge in [0, 0.05) is 6.07 Å². The molecule has 0 saturated heterocycles. The van der Waals surface area contributed by atoms with Crippen LogP contribution in [-0.4, -0.2) is 33.7 Å². The van der Waals surface area contributed by atoms with E-state index in [1.807, 2.05) is 0 Å². The predicted octanol–water partition coefficient (Wildman–Crippen LogP) is 1.51. The van der Waals surface area contributed by atoms with Crippen molar-refractivity contribution in [1.82, 2.24) is 0 Å². The third-order valence-corrected chi connectivity index (χ3v) is 2.54. The van der Waals surface area contributed by atoms with Gasteiger partial charge >= 0.3 is 0 Å². The lowest BCUT2D eigenvalue weighted by Gasteiger charge is -2.16. The molecule has 0 aliphatic carbocycles. The van der Waals surface area contributed by atoms with Gasteiger partial charge in [0.05, 0.1) is 38.5 Å². The average molecular weight is 260 g/mol. The summed E-state index contributed by atoms with van der Waals surface area (Å²) in [6.07, 6.45) is 0. The highest BCUT2D eigenvalue weighted by atomic mass is 35.5. The third kappa shape index (κ3) is 2.45. The second-order valence-electron chi connectivity index (χ2n) is 3.13. The van der Waals surface area contributed by atoms with Crippen LogP contribution in [0.15, 0.2) is 6.07 Å². The fraction of sp³-hybridized carbons (Fsp3) is 0.364.